The molecule has 1 aromatic carbocycles. The Morgan fingerprint density at radius 2 is 1.95 bits per heavy atom. The first-order chi connectivity index (χ1) is 17.7. The Morgan fingerprint density at radius 1 is 1.16 bits per heavy atom. The number of halogens is 1. The van der Waals surface area contributed by atoms with Crippen molar-refractivity contribution < 1.29 is 13.2 Å². The molecule has 1 atom stereocenters. The molecule has 1 N–H and O–H groups in total. The summed E-state index contributed by atoms with van der Waals surface area (Å²) in [5, 5.41) is 0.174. The van der Waals surface area contributed by atoms with Crippen LogP contribution in [0.5, 0.6) is 5.75 Å². The van der Waals surface area contributed by atoms with Gasteiger partial charge in [-0.2, -0.15) is 4.31 Å². The molecule has 200 valence electrons. The molecule has 0 spiro atoms. The second-order valence-corrected chi connectivity index (χ2v) is 11.9. The number of H-pyrrole nitrogens is 1. The third-order valence-corrected chi connectivity index (χ3v) is 9.60. The van der Waals surface area contributed by atoms with E-state index in [1.54, 1.807) is 22.5 Å². The van der Waals surface area contributed by atoms with Crippen LogP contribution in [0, 0.1) is 0 Å². The second-order valence-electron chi connectivity index (χ2n) is 9.62. The highest BCUT2D eigenvalue weighted by atomic mass is 35.5. The minimum absolute atomic E-state index is 0.131. The van der Waals surface area contributed by atoms with Gasteiger partial charge in [-0.25, -0.2) is 13.2 Å². The summed E-state index contributed by atoms with van der Waals surface area (Å²) in [6.07, 6.45) is 2.75. The van der Waals surface area contributed by atoms with E-state index >= 15 is 0 Å². The number of nitrogens with zero attached hydrogens (tertiary/aromatic N) is 4. The molecule has 0 saturated carbocycles. The Balaban J connectivity index is 1.66. The largest absolute Gasteiger partial charge is 0.493 e. The van der Waals surface area contributed by atoms with Crippen molar-refractivity contribution in [3.05, 3.63) is 44.1 Å². The molecule has 0 radical (unpaired) electrons. The molecule has 10 nitrogen and oxygen atoms in total. The zero-order valence-electron chi connectivity index (χ0n) is 21.3. The highest BCUT2D eigenvalue weighted by molar-refractivity contribution is 7.89. The number of rotatable bonds is 7. The van der Waals surface area contributed by atoms with Crippen LogP contribution in [0.3, 0.4) is 0 Å². The maximum atomic E-state index is 13.7. The summed E-state index contributed by atoms with van der Waals surface area (Å²) in [6, 6.07) is 4.97. The first-order valence-corrected chi connectivity index (χ1v) is 14.5. The number of aromatic nitrogens is 3. The molecule has 4 heterocycles. The average molecular weight is 550 g/mol. The van der Waals surface area contributed by atoms with E-state index in [-0.39, 0.29) is 21.5 Å². The van der Waals surface area contributed by atoms with Crippen LogP contribution >= 0.6 is 11.6 Å². The van der Waals surface area contributed by atoms with E-state index < -0.39 is 21.3 Å². The van der Waals surface area contributed by atoms with Crippen LogP contribution in [0.15, 0.2) is 32.7 Å². The van der Waals surface area contributed by atoms with Crippen LogP contribution in [0.4, 0.5) is 0 Å². The molecule has 2 saturated heterocycles. The van der Waals surface area contributed by atoms with Crippen LogP contribution < -0.4 is 16.0 Å². The molecule has 0 aliphatic carbocycles. The summed E-state index contributed by atoms with van der Waals surface area (Å²) in [5.41, 5.74) is 0.283. The van der Waals surface area contributed by atoms with E-state index in [0.29, 0.717) is 55.2 Å². The molecular formula is C25H32ClN5O5S. The van der Waals surface area contributed by atoms with Gasteiger partial charge in [0.2, 0.25) is 10.0 Å². The third-order valence-electron chi connectivity index (χ3n) is 7.38. The number of ether oxygens (including phenoxy) is 1. The number of hydrogen-bond donors (Lipinski definition) is 1. The van der Waals surface area contributed by atoms with Crippen molar-refractivity contribution in [1.29, 1.82) is 0 Å². The number of benzene rings is 1. The minimum atomic E-state index is -3.77. The first-order valence-electron chi connectivity index (χ1n) is 12.7. The summed E-state index contributed by atoms with van der Waals surface area (Å²) in [6.45, 7) is 7.14. The van der Waals surface area contributed by atoms with Gasteiger partial charge in [-0.1, -0.05) is 18.5 Å². The zero-order chi connectivity index (χ0) is 26.5. The molecule has 2 aliphatic heterocycles. The normalized spacial score (nSPS) is 19.0. The summed E-state index contributed by atoms with van der Waals surface area (Å²) in [4.78, 5) is 31.4. The standard InChI is InChI=1S/C25H32ClN5O5S/c1-4-10-31-23-20(26)21(27-22(23)24(32)28(3)25(31)33)18-14-17(8-9-19(18)36-5-2)37(34,35)30-13-12-29-11-6-7-16(29)15-30/h8-9,14,16,27H,4-7,10-13,15H2,1-3H3/t16-/m1/s1. The maximum Gasteiger partial charge on any atom is 0.331 e. The van der Waals surface area contributed by atoms with Gasteiger partial charge >= 0.3 is 5.69 Å². The van der Waals surface area contributed by atoms with Crippen molar-refractivity contribution in [2.45, 2.75) is 50.6 Å². The van der Waals surface area contributed by atoms with E-state index in [2.05, 4.69) is 9.88 Å². The highest BCUT2D eigenvalue weighted by Gasteiger charge is 2.36. The van der Waals surface area contributed by atoms with Gasteiger partial charge in [0.25, 0.3) is 5.56 Å². The fourth-order valence-electron chi connectivity index (χ4n) is 5.50. The quantitative estimate of drug-likeness (QED) is 0.485. The SMILES string of the molecule is CCCn1c(=O)n(C)c(=O)c2[nH]c(-c3cc(S(=O)(=O)N4CCN5CCC[C@@H]5C4)ccc3OCC)c(Cl)c21. The molecule has 0 amide bonds. The Morgan fingerprint density at radius 3 is 2.68 bits per heavy atom. The average Bonchev–Trinajstić information content (AvgIpc) is 3.49. The molecule has 12 heteroatoms. The lowest BCUT2D eigenvalue weighted by Gasteiger charge is -2.36. The number of sulfonamides is 1. The number of aromatic amines is 1. The van der Waals surface area contributed by atoms with Gasteiger partial charge in [-0.3, -0.25) is 18.8 Å². The van der Waals surface area contributed by atoms with E-state index in [4.69, 9.17) is 16.3 Å². The van der Waals surface area contributed by atoms with Gasteiger partial charge in [0.15, 0.2) is 0 Å². The number of nitrogens with one attached hydrogen (secondary N) is 1. The first kappa shape index (κ1) is 26.0. The molecule has 2 fully saturated rings. The molecule has 5 rings (SSSR count). The molecule has 37 heavy (non-hydrogen) atoms. The van der Waals surface area contributed by atoms with Crippen LogP contribution in [0.2, 0.25) is 5.02 Å². The smallest absolute Gasteiger partial charge is 0.331 e. The van der Waals surface area contributed by atoms with Gasteiger partial charge in [0.1, 0.15) is 11.3 Å². The van der Waals surface area contributed by atoms with Crippen molar-refractivity contribution in [3.8, 4) is 17.0 Å². The summed E-state index contributed by atoms with van der Waals surface area (Å²) in [7, 11) is -2.35. The molecule has 0 bridgehead atoms. The Kier molecular flexibility index (Phi) is 6.99. The zero-order valence-corrected chi connectivity index (χ0v) is 22.9. The van der Waals surface area contributed by atoms with Crippen LogP contribution in [-0.4, -0.2) is 70.6 Å². The predicted molar refractivity (Wildman–Crippen MR) is 143 cm³/mol. The third kappa shape index (κ3) is 4.31. The van der Waals surface area contributed by atoms with Crippen LogP contribution in [0.25, 0.3) is 22.3 Å². The molecular weight excluding hydrogens is 518 g/mol. The lowest BCUT2D eigenvalue weighted by molar-refractivity contribution is 0.158. The molecule has 2 aliphatic rings. The number of piperazine rings is 1. The van der Waals surface area contributed by atoms with Crippen molar-refractivity contribution in [1.82, 2.24) is 23.3 Å². The summed E-state index contributed by atoms with van der Waals surface area (Å²) in [5.74, 6) is 0.428. The van der Waals surface area contributed by atoms with Gasteiger partial charge in [-0.15, -0.1) is 0 Å². The number of fused-ring (bicyclic) bond motifs is 2. The van der Waals surface area contributed by atoms with Gasteiger partial charge in [0, 0.05) is 44.8 Å². The Hall–Kier alpha value is -2.60. The van der Waals surface area contributed by atoms with Crippen molar-refractivity contribution in [2.24, 2.45) is 7.05 Å². The molecule has 2 aromatic heterocycles. The topological polar surface area (TPSA) is 110 Å². The Bertz CT molecular complexity index is 1570. The monoisotopic (exact) mass is 549 g/mol. The maximum absolute atomic E-state index is 13.7. The van der Waals surface area contributed by atoms with E-state index in [1.165, 1.54) is 11.6 Å². The van der Waals surface area contributed by atoms with Crippen molar-refractivity contribution in [2.75, 3.05) is 32.8 Å². The van der Waals surface area contributed by atoms with E-state index in [0.717, 1.165) is 30.5 Å². The summed E-state index contributed by atoms with van der Waals surface area (Å²) < 4.78 is 37.3. The Labute approximate surface area is 220 Å². The lowest BCUT2D eigenvalue weighted by atomic mass is 10.1. The minimum Gasteiger partial charge on any atom is -0.493 e. The van der Waals surface area contributed by atoms with E-state index in [1.807, 2.05) is 13.8 Å². The lowest BCUT2D eigenvalue weighted by Crippen LogP contribution is -2.51. The van der Waals surface area contributed by atoms with Gasteiger partial charge in [0.05, 0.1) is 27.7 Å². The summed E-state index contributed by atoms with van der Waals surface area (Å²) >= 11 is 6.82. The van der Waals surface area contributed by atoms with Crippen molar-refractivity contribution >= 4 is 32.7 Å². The van der Waals surface area contributed by atoms with Gasteiger partial charge in [-0.05, 0) is 50.9 Å². The van der Waals surface area contributed by atoms with Crippen molar-refractivity contribution in [3.63, 3.8) is 0 Å². The molecule has 0 unspecified atom stereocenters. The fraction of sp³-hybridized carbons (Fsp3) is 0.520. The molecule has 3 aromatic rings. The van der Waals surface area contributed by atoms with E-state index in [9.17, 15) is 18.0 Å². The highest BCUT2D eigenvalue weighted by Crippen LogP contribution is 2.40. The number of hydrogen-bond acceptors (Lipinski definition) is 6. The fourth-order valence-corrected chi connectivity index (χ4v) is 7.34. The predicted octanol–water partition coefficient (Wildman–Crippen LogP) is 2.63. The van der Waals surface area contributed by atoms with Gasteiger partial charge < -0.3 is 9.72 Å². The number of aryl methyl sites for hydroxylation is 1. The van der Waals surface area contributed by atoms with Crippen LogP contribution in [-0.2, 0) is 23.6 Å². The second kappa shape index (κ2) is 9.94. The van der Waals surface area contributed by atoms with Crippen LogP contribution in [0.1, 0.15) is 33.1 Å².